The lowest BCUT2D eigenvalue weighted by Crippen LogP contribution is -2.42. The van der Waals surface area contributed by atoms with Crippen molar-refractivity contribution in [1.29, 1.82) is 0 Å². The van der Waals surface area contributed by atoms with Crippen molar-refractivity contribution in [1.82, 2.24) is 24.5 Å². The normalized spacial score (nSPS) is 13.2. The lowest BCUT2D eigenvalue weighted by Gasteiger charge is -2.32. The Morgan fingerprint density at radius 2 is 1.34 bits per heavy atom. The van der Waals surface area contributed by atoms with Gasteiger partial charge in [-0.1, -0.05) is 79.7 Å². The van der Waals surface area contributed by atoms with Gasteiger partial charge in [-0.15, -0.1) is 0 Å². The molecule has 11 nitrogen and oxygen atoms in total. The molecular weight excluding hydrogens is 729 g/mol. The van der Waals surface area contributed by atoms with Gasteiger partial charge in [-0.3, -0.25) is 19.7 Å². The van der Waals surface area contributed by atoms with Gasteiger partial charge in [0.1, 0.15) is 6.10 Å². The molecule has 0 aromatic heterocycles. The molecule has 5 rings (SSSR count). The topological polar surface area (TPSA) is 106 Å². The maximum atomic E-state index is 13.4. The van der Waals surface area contributed by atoms with E-state index in [9.17, 15) is 19.2 Å². The summed E-state index contributed by atoms with van der Waals surface area (Å²) >= 11 is 0. The number of likely N-dealkylation sites (tertiary alicyclic amines) is 1. The molecule has 0 saturated carbocycles. The standard InChI is InChI=1S/C47H60N6O5/c1-6-44(54)50(3)27-13-28-51(4)45(55)39-22-20-36(21-23-39)24-29-49(2)35-37-14-12-17-40(34-37)46(56)52(5)32-33-53-30-25-41(26-31-53)58-47(57)48-43-19-11-10-18-42(43)38-15-8-7-9-16-38/h7-12,14-23,34,41H,6,13,24-33,35H2,1-5H3,(H,48,57). The van der Waals surface area contributed by atoms with Crippen molar-refractivity contribution in [3.8, 4) is 11.1 Å². The molecule has 58 heavy (non-hydrogen) atoms. The Bertz CT molecular complexity index is 1950. The molecular formula is C47H60N6O5. The van der Waals surface area contributed by atoms with E-state index in [-0.39, 0.29) is 23.8 Å². The molecule has 4 aromatic rings. The van der Waals surface area contributed by atoms with E-state index in [4.69, 9.17) is 4.74 Å². The predicted octanol–water partition coefficient (Wildman–Crippen LogP) is 7.14. The van der Waals surface area contributed by atoms with E-state index < -0.39 is 6.09 Å². The van der Waals surface area contributed by atoms with Crippen LogP contribution in [0.4, 0.5) is 10.5 Å². The fourth-order valence-corrected chi connectivity index (χ4v) is 7.21. The maximum absolute atomic E-state index is 13.4. The number of carbonyl (C=O) groups excluding carboxylic acids is 4. The fraction of sp³-hybridized carbons (Fsp3) is 0.404. The van der Waals surface area contributed by atoms with Gasteiger partial charge in [0, 0.05) is 96.6 Å². The van der Waals surface area contributed by atoms with Crippen LogP contribution in [0.2, 0.25) is 0 Å². The van der Waals surface area contributed by atoms with Crippen molar-refractivity contribution in [2.24, 2.45) is 0 Å². The van der Waals surface area contributed by atoms with Crippen LogP contribution in [0, 0.1) is 0 Å². The molecule has 1 aliphatic heterocycles. The fourth-order valence-electron chi connectivity index (χ4n) is 7.21. The van der Waals surface area contributed by atoms with E-state index in [2.05, 4.69) is 28.2 Å². The zero-order valence-electron chi connectivity index (χ0n) is 34.9. The number of piperidine rings is 1. The first-order valence-corrected chi connectivity index (χ1v) is 20.5. The SMILES string of the molecule is CCC(=O)N(C)CCCN(C)C(=O)c1ccc(CCN(C)Cc2cccc(C(=O)N(C)CCN3CCC(OC(=O)Nc4ccccc4-c4ccccc4)CC3)c2)cc1. The van der Waals surface area contributed by atoms with Gasteiger partial charge >= 0.3 is 6.09 Å². The molecule has 0 radical (unpaired) electrons. The third kappa shape index (κ3) is 13.0. The van der Waals surface area contributed by atoms with Crippen molar-refractivity contribution < 1.29 is 23.9 Å². The number of hydrogen-bond acceptors (Lipinski definition) is 7. The molecule has 1 fully saturated rings. The quantitative estimate of drug-likeness (QED) is 0.114. The molecule has 0 bridgehead atoms. The third-order valence-corrected chi connectivity index (χ3v) is 10.8. The van der Waals surface area contributed by atoms with Crippen molar-refractivity contribution >= 4 is 29.5 Å². The summed E-state index contributed by atoms with van der Waals surface area (Å²) in [7, 11) is 7.52. The number of benzene rings is 4. The molecule has 0 aliphatic carbocycles. The van der Waals surface area contributed by atoms with E-state index in [1.165, 1.54) is 0 Å². The minimum absolute atomic E-state index is 0.00519. The first-order valence-electron chi connectivity index (χ1n) is 20.5. The van der Waals surface area contributed by atoms with Gasteiger partial charge in [0.25, 0.3) is 11.8 Å². The van der Waals surface area contributed by atoms with Crippen LogP contribution in [-0.2, 0) is 22.5 Å². The van der Waals surface area contributed by atoms with Crippen molar-refractivity contribution in [3.05, 3.63) is 125 Å². The Hall–Kier alpha value is -5.52. The van der Waals surface area contributed by atoms with Crippen molar-refractivity contribution in [3.63, 3.8) is 0 Å². The van der Waals surface area contributed by atoms with Gasteiger partial charge in [0.2, 0.25) is 5.91 Å². The summed E-state index contributed by atoms with van der Waals surface area (Å²) in [5.74, 6) is 0.0789. The van der Waals surface area contributed by atoms with Crippen LogP contribution in [0.5, 0.6) is 0 Å². The zero-order valence-corrected chi connectivity index (χ0v) is 34.9. The third-order valence-electron chi connectivity index (χ3n) is 10.8. The van der Waals surface area contributed by atoms with Gasteiger partial charge in [-0.2, -0.15) is 0 Å². The Morgan fingerprint density at radius 3 is 2.07 bits per heavy atom. The summed E-state index contributed by atoms with van der Waals surface area (Å²) < 4.78 is 5.81. The molecule has 1 saturated heterocycles. The first-order chi connectivity index (χ1) is 28.0. The highest BCUT2D eigenvalue weighted by Crippen LogP contribution is 2.28. The van der Waals surface area contributed by atoms with Crippen LogP contribution in [0.15, 0.2) is 103 Å². The molecule has 308 valence electrons. The van der Waals surface area contributed by atoms with Crippen LogP contribution in [0.1, 0.15) is 64.4 Å². The van der Waals surface area contributed by atoms with Gasteiger partial charge < -0.3 is 29.2 Å². The smallest absolute Gasteiger partial charge is 0.411 e. The molecule has 1 heterocycles. The molecule has 11 heteroatoms. The van der Waals surface area contributed by atoms with Crippen LogP contribution in [-0.4, -0.2) is 128 Å². The summed E-state index contributed by atoms with van der Waals surface area (Å²) in [6.07, 6.45) is 2.94. The summed E-state index contributed by atoms with van der Waals surface area (Å²) in [6, 6.07) is 33.4. The average Bonchev–Trinajstić information content (AvgIpc) is 3.25. The highest BCUT2D eigenvalue weighted by molar-refractivity contribution is 5.95. The molecule has 4 aromatic carbocycles. The second-order valence-electron chi connectivity index (χ2n) is 15.3. The Morgan fingerprint density at radius 1 is 0.690 bits per heavy atom. The minimum atomic E-state index is -0.441. The Balaban J connectivity index is 0.994. The summed E-state index contributed by atoms with van der Waals surface area (Å²) in [4.78, 5) is 60.7. The molecule has 0 atom stereocenters. The molecule has 4 amide bonds. The van der Waals surface area contributed by atoms with Crippen LogP contribution in [0.25, 0.3) is 11.1 Å². The van der Waals surface area contributed by atoms with Gasteiger partial charge in [-0.05, 0) is 79.8 Å². The molecule has 1 aliphatic rings. The molecule has 0 unspecified atom stereocenters. The maximum Gasteiger partial charge on any atom is 0.411 e. The second-order valence-corrected chi connectivity index (χ2v) is 15.3. The number of likely N-dealkylation sites (N-methyl/N-ethyl adjacent to an activating group) is 2. The average molecular weight is 789 g/mol. The number of anilines is 1. The number of rotatable bonds is 18. The number of ether oxygens (including phenoxy) is 1. The monoisotopic (exact) mass is 788 g/mol. The van der Waals surface area contributed by atoms with Gasteiger partial charge in [0.15, 0.2) is 0 Å². The van der Waals surface area contributed by atoms with Crippen LogP contribution < -0.4 is 5.32 Å². The lowest BCUT2D eigenvalue weighted by molar-refractivity contribution is -0.129. The highest BCUT2D eigenvalue weighted by Gasteiger charge is 2.24. The first kappa shape index (κ1) is 43.6. The zero-order chi connectivity index (χ0) is 41.4. The van der Waals surface area contributed by atoms with E-state index in [1.807, 2.05) is 111 Å². The Kier molecular flexibility index (Phi) is 16.4. The van der Waals surface area contributed by atoms with Gasteiger partial charge in [0.05, 0.1) is 5.69 Å². The number of hydrogen-bond donors (Lipinski definition) is 1. The number of nitrogens with one attached hydrogen (secondary N) is 1. The number of nitrogens with zero attached hydrogens (tertiary/aromatic N) is 5. The predicted molar refractivity (Wildman–Crippen MR) is 231 cm³/mol. The van der Waals surface area contributed by atoms with Crippen molar-refractivity contribution in [2.45, 2.75) is 51.7 Å². The van der Waals surface area contributed by atoms with Crippen molar-refractivity contribution in [2.75, 3.05) is 79.3 Å². The molecule has 0 spiro atoms. The van der Waals surface area contributed by atoms with E-state index in [0.29, 0.717) is 43.7 Å². The minimum Gasteiger partial charge on any atom is -0.446 e. The van der Waals surface area contributed by atoms with Crippen LogP contribution >= 0.6 is 0 Å². The molecule has 1 N–H and O–H groups in total. The number of para-hydroxylation sites is 1. The summed E-state index contributed by atoms with van der Waals surface area (Å²) in [6.45, 7) is 7.54. The Labute approximate surface area is 344 Å². The van der Waals surface area contributed by atoms with Gasteiger partial charge in [-0.25, -0.2) is 4.79 Å². The van der Waals surface area contributed by atoms with E-state index in [1.54, 1.807) is 28.8 Å². The lowest BCUT2D eigenvalue weighted by atomic mass is 10.0. The number of carbonyl (C=O) groups is 4. The number of amides is 4. The van der Waals surface area contributed by atoms with Crippen LogP contribution in [0.3, 0.4) is 0 Å². The van der Waals surface area contributed by atoms with E-state index >= 15 is 0 Å². The second kappa shape index (κ2) is 21.9. The highest BCUT2D eigenvalue weighted by atomic mass is 16.6. The van der Waals surface area contributed by atoms with E-state index in [0.717, 1.165) is 79.8 Å². The summed E-state index contributed by atoms with van der Waals surface area (Å²) in [5.41, 5.74) is 6.25. The summed E-state index contributed by atoms with van der Waals surface area (Å²) in [5, 5.41) is 2.94. The largest absolute Gasteiger partial charge is 0.446 e.